The summed E-state index contributed by atoms with van der Waals surface area (Å²) in [5.41, 5.74) is 0.532. The smallest absolute Gasteiger partial charge is 0.289 e. The predicted octanol–water partition coefficient (Wildman–Crippen LogP) is 1.90. The number of aromatic nitrogens is 2. The number of piperidine rings is 1. The highest BCUT2D eigenvalue weighted by Gasteiger charge is 2.26. The van der Waals surface area contributed by atoms with Crippen molar-refractivity contribution in [2.75, 3.05) is 44.2 Å². The maximum atomic E-state index is 12.6. The molecular weight excluding hydrogens is 358 g/mol. The molecule has 0 N–H and O–H groups in total. The van der Waals surface area contributed by atoms with Crippen LogP contribution < -0.4 is 4.90 Å². The molecule has 0 bridgehead atoms. The molecule has 1 atom stereocenters. The van der Waals surface area contributed by atoms with Crippen LogP contribution in [0, 0.1) is 5.92 Å². The summed E-state index contributed by atoms with van der Waals surface area (Å²) in [6.45, 7) is 6.22. The molecule has 8 nitrogen and oxygen atoms in total. The van der Waals surface area contributed by atoms with E-state index in [9.17, 15) is 9.59 Å². The van der Waals surface area contributed by atoms with Crippen LogP contribution in [0.5, 0.6) is 0 Å². The van der Waals surface area contributed by atoms with Crippen LogP contribution in [0.4, 0.5) is 5.95 Å². The number of furan rings is 1. The van der Waals surface area contributed by atoms with Crippen LogP contribution in [-0.4, -0.2) is 70.9 Å². The van der Waals surface area contributed by atoms with Gasteiger partial charge in [0.05, 0.1) is 11.8 Å². The Morgan fingerprint density at radius 2 is 1.79 bits per heavy atom. The standard InChI is InChI=1S/C20H25N5O3/c1-15-4-2-6-25(14-15)18(26)16-12-21-20(22-13-16)24-9-7-23(8-10-24)19(27)17-5-3-11-28-17/h3,5,11-13,15H,2,4,6-10,14H2,1H3. The topological polar surface area (TPSA) is 82.8 Å². The normalized spacial score (nSPS) is 20.3. The largest absolute Gasteiger partial charge is 0.459 e. The van der Waals surface area contributed by atoms with E-state index >= 15 is 0 Å². The minimum absolute atomic E-state index is 0.00645. The lowest BCUT2D eigenvalue weighted by Crippen LogP contribution is -2.49. The second-order valence-corrected chi connectivity index (χ2v) is 7.53. The first-order chi connectivity index (χ1) is 13.6. The van der Waals surface area contributed by atoms with Crippen LogP contribution in [0.25, 0.3) is 0 Å². The van der Waals surface area contributed by atoms with Gasteiger partial charge in [0, 0.05) is 51.7 Å². The Kier molecular flexibility index (Phi) is 5.27. The van der Waals surface area contributed by atoms with Crippen LogP contribution in [-0.2, 0) is 0 Å². The van der Waals surface area contributed by atoms with E-state index in [0.717, 1.165) is 19.5 Å². The van der Waals surface area contributed by atoms with E-state index in [-0.39, 0.29) is 11.8 Å². The Labute approximate surface area is 164 Å². The molecule has 2 aromatic rings. The van der Waals surface area contributed by atoms with Crippen LogP contribution in [0.1, 0.15) is 40.7 Å². The highest BCUT2D eigenvalue weighted by Crippen LogP contribution is 2.18. The van der Waals surface area contributed by atoms with Gasteiger partial charge in [-0.1, -0.05) is 6.92 Å². The van der Waals surface area contributed by atoms with Crippen molar-refractivity contribution in [1.82, 2.24) is 19.8 Å². The molecule has 0 spiro atoms. The SMILES string of the molecule is CC1CCCN(C(=O)c2cnc(N3CCN(C(=O)c4ccco4)CC3)nc2)C1. The van der Waals surface area contributed by atoms with Crippen molar-refractivity contribution in [3.05, 3.63) is 42.1 Å². The molecule has 2 amide bonds. The lowest BCUT2D eigenvalue weighted by molar-refractivity contribution is 0.0680. The number of piperazine rings is 1. The van der Waals surface area contributed by atoms with Crippen molar-refractivity contribution >= 4 is 17.8 Å². The van der Waals surface area contributed by atoms with E-state index in [1.807, 2.05) is 9.80 Å². The van der Waals surface area contributed by atoms with Gasteiger partial charge < -0.3 is 19.1 Å². The van der Waals surface area contributed by atoms with Crippen LogP contribution in [0.15, 0.2) is 35.2 Å². The minimum Gasteiger partial charge on any atom is -0.459 e. The molecule has 2 saturated heterocycles. The molecule has 4 heterocycles. The summed E-state index contributed by atoms with van der Waals surface area (Å²) in [4.78, 5) is 39.5. The Hall–Kier alpha value is -2.90. The fourth-order valence-electron chi connectivity index (χ4n) is 3.82. The molecule has 2 fully saturated rings. The third-order valence-electron chi connectivity index (χ3n) is 5.41. The number of nitrogens with zero attached hydrogens (tertiary/aromatic N) is 5. The number of carbonyl (C=O) groups is 2. The van der Waals surface area contributed by atoms with Crippen molar-refractivity contribution in [3.63, 3.8) is 0 Å². The fourth-order valence-corrected chi connectivity index (χ4v) is 3.82. The average molecular weight is 383 g/mol. The fraction of sp³-hybridized carbons (Fsp3) is 0.500. The first kappa shape index (κ1) is 18.5. The number of rotatable bonds is 3. The zero-order valence-electron chi connectivity index (χ0n) is 16.1. The monoisotopic (exact) mass is 383 g/mol. The zero-order chi connectivity index (χ0) is 19.5. The summed E-state index contributed by atoms with van der Waals surface area (Å²) in [6.07, 6.45) is 6.96. The van der Waals surface area contributed by atoms with Gasteiger partial charge in [0.15, 0.2) is 5.76 Å². The van der Waals surface area contributed by atoms with Crippen molar-refractivity contribution in [3.8, 4) is 0 Å². The summed E-state index contributed by atoms with van der Waals surface area (Å²) in [6, 6.07) is 3.39. The van der Waals surface area contributed by atoms with Gasteiger partial charge in [0.2, 0.25) is 5.95 Å². The van der Waals surface area contributed by atoms with Crippen LogP contribution >= 0.6 is 0 Å². The van der Waals surface area contributed by atoms with E-state index in [1.165, 1.54) is 12.7 Å². The van der Waals surface area contributed by atoms with Gasteiger partial charge in [-0.15, -0.1) is 0 Å². The van der Waals surface area contributed by atoms with E-state index in [2.05, 4.69) is 16.9 Å². The molecule has 2 aliphatic heterocycles. The van der Waals surface area contributed by atoms with Gasteiger partial charge in [0.1, 0.15) is 0 Å². The molecule has 0 radical (unpaired) electrons. The first-order valence-corrected chi connectivity index (χ1v) is 9.81. The maximum absolute atomic E-state index is 12.6. The zero-order valence-corrected chi connectivity index (χ0v) is 16.1. The third-order valence-corrected chi connectivity index (χ3v) is 5.41. The van der Waals surface area contributed by atoms with E-state index in [4.69, 9.17) is 4.42 Å². The van der Waals surface area contributed by atoms with Crippen molar-refractivity contribution in [2.45, 2.75) is 19.8 Å². The van der Waals surface area contributed by atoms with Crippen LogP contribution in [0.2, 0.25) is 0 Å². The summed E-state index contributed by atoms with van der Waals surface area (Å²) < 4.78 is 5.19. The predicted molar refractivity (Wildman–Crippen MR) is 103 cm³/mol. The summed E-state index contributed by atoms with van der Waals surface area (Å²) in [5.74, 6) is 1.40. The lowest BCUT2D eigenvalue weighted by atomic mass is 10.00. The third kappa shape index (κ3) is 3.85. The second-order valence-electron chi connectivity index (χ2n) is 7.53. The quantitative estimate of drug-likeness (QED) is 0.805. The van der Waals surface area contributed by atoms with Crippen molar-refractivity contribution < 1.29 is 14.0 Å². The molecule has 4 rings (SSSR count). The molecule has 28 heavy (non-hydrogen) atoms. The van der Waals surface area contributed by atoms with Crippen LogP contribution in [0.3, 0.4) is 0 Å². The average Bonchev–Trinajstić information content (AvgIpc) is 3.28. The lowest BCUT2D eigenvalue weighted by Gasteiger charge is -2.34. The van der Waals surface area contributed by atoms with E-state index < -0.39 is 0 Å². The summed E-state index contributed by atoms with van der Waals surface area (Å²) >= 11 is 0. The molecule has 2 aliphatic rings. The second kappa shape index (κ2) is 8.00. The Morgan fingerprint density at radius 1 is 1.04 bits per heavy atom. The number of hydrogen-bond acceptors (Lipinski definition) is 6. The Balaban J connectivity index is 1.34. The van der Waals surface area contributed by atoms with E-state index in [0.29, 0.717) is 49.4 Å². The van der Waals surface area contributed by atoms with Crippen molar-refractivity contribution in [2.24, 2.45) is 5.92 Å². The number of amides is 2. The van der Waals surface area contributed by atoms with Gasteiger partial charge in [-0.2, -0.15) is 0 Å². The number of anilines is 1. The molecule has 8 heteroatoms. The maximum Gasteiger partial charge on any atom is 0.289 e. The summed E-state index contributed by atoms with van der Waals surface area (Å²) in [7, 11) is 0. The van der Waals surface area contributed by atoms with Gasteiger partial charge >= 0.3 is 0 Å². The summed E-state index contributed by atoms with van der Waals surface area (Å²) in [5, 5.41) is 0. The Morgan fingerprint density at radius 3 is 2.43 bits per heavy atom. The molecule has 148 valence electrons. The molecular formula is C20H25N5O3. The number of hydrogen-bond donors (Lipinski definition) is 0. The van der Waals surface area contributed by atoms with Crippen molar-refractivity contribution in [1.29, 1.82) is 0 Å². The van der Waals surface area contributed by atoms with Gasteiger partial charge in [-0.3, -0.25) is 9.59 Å². The molecule has 2 aromatic heterocycles. The van der Waals surface area contributed by atoms with E-state index in [1.54, 1.807) is 29.4 Å². The Bertz CT molecular complexity index is 813. The highest BCUT2D eigenvalue weighted by atomic mass is 16.3. The van der Waals surface area contributed by atoms with Gasteiger partial charge in [-0.05, 0) is 30.9 Å². The molecule has 0 aliphatic carbocycles. The van der Waals surface area contributed by atoms with Gasteiger partial charge in [0.25, 0.3) is 11.8 Å². The molecule has 1 unspecified atom stereocenters. The molecule has 0 saturated carbocycles. The van der Waals surface area contributed by atoms with Gasteiger partial charge in [-0.25, -0.2) is 9.97 Å². The minimum atomic E-state index is -0.0951. The molecule has 0 aromatic carbocycles. The number of likely N-dealkylation sites (tertiary alicyclic amines) is 1. The highest BCUT2D eigenvalue weighted by molar-refractivity contribution is 5.94. The first-order valence-electron chi connectivity index (χ1n) is 9.81. The number of carbonyl (C=O) groups excluding carboxylic acids is 2.